The molecule has 2 rings (SSSR count). The summed E-state index contributed by atoms with van der Waals surface area (Å²) in [5, 5.41) is 0. The van der Waals surface area contributed by atoms with Crippen molar-refractivity contribution in [2.45, 2.75) is 51.9 Å². The first kappa shape index (κ1) is 9.30. The molecule has 0 saturated heterocycles. The predicted octanol–water partition coefficient (Wildman–Crippen LogP) is 4.17. The van der Waals surface area contributed by atoms with Gasteiger partial charge in [-0.1, -0.05) is 44.3 Å². The molecule has 13 heavy (non-hydrogen) atoms. The number of hydrogen-bond acceptors (Lipinski definition) is 0. The Balaban J connectivity index is 2.02. The standard InChI is InChI=1S/C13H22/c1-2-6-11-8-5-9-12-7-3-4-10-13(11)12/h2,6,11-13H,3-5,7-10H2,1H3/b6-2+. The maximum Gasteiger partial charge on any atom is -0.0203 e. The van der Waals surface area contributed by atoms with Crippen LogP contribution < -0.4 is 0 Å². The lowest BCUT2D eigenvalue weighted by molar-refractivity contribution is 0.130. The normalized spacial score (nSPS) is 40.5. The van der Waals surface area contributed by atoms with E-state index >= 15 is 0 Å². The Kier molecular flexibility index (Phi) is 3.08. The van der Waals surface area contributed by atoms with Gasteiger partial charge in [-0.2, -0.15) is 0 Å². The number of rotatable bonds is 1. The van der Waals surface area contributed by atoms with Gasteiger partial charge in [-0.25, -0.2) is 0 Å². The van der Waals surface area contributed by atoms with E-state index in [2.05, 4.69) is 19.1 Å². The van der Waals surface area contributed by atoms with Gasteiger partial charge in [-0.3, -0.25) is 0 Å². The zero-order valence-corrected chi connectivity index (χ0v) is 8.84. The van der Waals surface area contributed by atoms with Crippen LogP contribution in [0.4, 0.5) is 0 Å². The Morgan fingerprint density at radius 3 is 2.54 bits per heavy atom. The van der Waals surface area contributed by atoms with Crippen LogP contribution in [-0.4, -0.2) is 0 Å². The highest BCUT2D eigenvalue weighted by Crippen LogP contribution is 2.44. The fraction of sp³-hybridized carbons (Fsp3) is 0.846. The Morgan fingerprint density at radius 2 is 1.69 bits per heavy atom. The second-order valence-electron chi connectivity index (χ2n) is 4.83. The molecular formula is C13H22. The molecule has 3 atom stereocenters. The van der Waals surface area contributed by atoms with Crippen LogP contribution in [0.25, 0.3) is 0 Å². The van der Waals surface area contributed by atoms with E-state index in [-0.39, 0.29) is 0 Å². The lowest BCUT2D eigenvalue weighted by atomic mass is 9.65. The molecule has 0 heteroatoms. The quantitative estimate of drug-likeness (QED) is 0.529. The molecule has 2 aliphatic carbocycles. The average molecular weight is 178 g/mol. The summed E-state index contributed by atoms with van der Waals surface area (Å²) in [4.78, 5) is 0. The van der Waals surface area contributed by atoms with Crippen LogP contribution in [-0.2, 0) is 0 Å². The number of hydrogen-bond donors (Lipinski definition) is 0. The molecule has 2 fully saturated rings. The van der Waals surface area contributed by atoms with Crippen LogP contribution >= 0.6 is 0 Å². The van der Waals surface area contributed by atoms with Crippen LogP contribution in [0.5, 0.6) is 0 Å². The molecule has 0 heterocycles. The fourth-order valence-corrected chi connectivity index (χ4v) is 3.47. The Morgan fingerprint density at radius 1 is 0.923 bits per heavy atom. The molecule has 0 bridgehead atoms. The molecule has 0 aromatic heterocycles. The van der Waals surface area contributed by atoms with E-state index in [1.807, 2.05) is 0 Å². The smallest absolute Gasteiger partial charge is 0.0203 e. The van der Waals surface area contributed by atoms with Crippen molar-refractivity contribution in [1.82, 2.24) is 0 Å². The van der Waals surface area contributed by atoms with E-state index in [0.717, 1.165) is 17.8 Å². The number of allylic oxidation sites excluding steroid dienone is 2. The summed E-state index contributed by atoms with van der Waals surface area (Å²) in [5.41, 5.74) is 0. The third kappa shape index (κ3) is 1.98. The van der Waals surface area contributed by atoms with Crippen molar-refractivity contribution in [3.05, 3.63) is 12.2 Å². The summed E-state index contributed by atoms with van der Waals surface area (Å²) in [6.07, 6.45) is 15.3. The topological polar surface area (TPSA) is 0 Å². The van der Waals surface area contributed by atoms with Gasteiger partial charge in [0.25, 0.3) is 0 Å². The van der Waals surface area contributed by atoms with Gasteiger partial charge in [0.2, 0.25) is 0 Å². The van der Waals surface area contributed by atoms with Crippen LogP contribution in [0.2, 0.25) is 0 Å². The van der Waals surface area contributed by atoms with Gasteiger partial charge < -0.3 is 0 Å². The summed E-state index contributed by atoms with van der Waals surface area (Å²) in [5.74, 6) is 3.08. The zero-order chi connectivity index (χ0) is 9.10. The van der Waals surface area contributed by atoms with E-state index in [1.165, 1.54) is 44.9 Å². The van der Waals surface area contributed by atoms with Crippen molar-refractivity contribution >= 4 is 0 Å². The summed E-state index contributed by atoms with van der Waals surface area (Å²) in [6.45, 7) is 2.17. The first-order chi connectivity index (χ1) is 6.42. The van der Waals surface area contributed by atoms with Crippen molar-refractivity contribution in [3.63, 3.8) is 0 Å². The van der Waals surface area contributed by atoms with Gasteiger partial charge >= 0.3 is 0 Å². The van der Waals surface area contributed by atoms with Gasteiger partial charge in [-0.05, 0) is 37.5 Å². The highest BCUT2D eigenvalue weighted by atomic mass is 14.4. The van der Waals surface area contributed by atoms with Crippen molar-refractivity contribution in [1.29, 1.82) is 0 Å². The van der Waals surface area contributed by atoms with Gasteiger partial charge in [-0.15, -0.1) is 0 Å². The highest BCUT2D eigenvalue weighted by molar-refractivity contribution is 4.95. The van der Waals surface area contributed by atoms with Crippen molar-refractivity contribution in [2.24, 2.45) is 17.8 Å². The maximum absolute atomic E-state index is 2.47. The van der Waals surface area contributed by atoms with E-state index in [0.29, 0.717) is 0 Å². The second-order valence-corrected chi connectivity index (χ2v) is 4.83. The number of fused-ring (bicyclic) bond motifs is 1. The summed E-state index contributed by atoms with van der Waals surface area (Å²) < 4.78 is 0. The molecule has 0 aromatic rings. The van der Waals surface area contributed by atoms with Crippen LogP contribution in [0.15, 0.2) is 12.2 Å². The van der Waals surface area contributed by atoms with E-state index in [4.69, 9.17) is 0 Å². The molecule has 0 aromatic carbocycles. The zero-order valence-electron chi connectivity index (χ0n) is 8.84. The largest absolute Gasteiger partial charge is 0.0914 e. The molecule has 0 N–H and O–H groups in total. The molecule has 0 nitrogen and oxygen atoms in total. The first-order valence-corrected chi connectivity index (χ1v) is 6.04. The molecule has 3 unspecified atom stereocenters. The SMILES string of the molecule is C/C=C/C1CCCC2CCCCC12. The van der Waals surface area contributed by atoms with Crippen LogP contribution in [0.1, 0.15) is 51.9 Å². The average Bonchev–Trinajstić information content (AvgIpc) is 2.19. The maximum atomic E-state index is 2.47. The third-order valence-electron chi connectivity index (χ3n) is 4.07. The molecule has 2 aliphatic rings. The predicted molar refractivity (Wildman–Crippen MR) is 57.6 cm³/mol. The van der Waals surface area contributed by atoms with Crippen molar-refractivity contribution in [3.8, 4) is 0 Å². The minimum absolute atomic E-state index is 0.934. The van der Waals surface area contributed by atoms with E-state index in [9.17, 15) is 0 Å². The van der Waals surface area contributed by atoms with Crippen molar-refractivity contribution < 1.29 is 0 Å². The molecule has 2 saturated carbocycles. The molecular weight excluding hydrogens is 156 g/mol. The minimum Gasteiger partial charge on any atom is -0.0914 e. The van der Waals surface area contributed by atoms with Crippen LogP contribution in [0, 0.1) is 17.8 Å². The second kappa shape index (κ2) is 4.30. The molecule has 0 spiro atoms. The summed E-state index contributed by atoms with van der Waals surface area (Å²) in [7, 11) is 0. The Hall–Kier alpha value is -0.260. The molecule has 0 amide bonds. The summed E-state index contributed by atoms with van der Waals surface area (Å²) in [6, 6.07) is 0. The van der Waals surface area contributed by atoms with E-state index < -0.39 is 0 Å². The van der Waals surface area contributed by atoms with E-state index in [1.54, 1.807) is 0 Å². The lowest BCUT2D eigenvalue weighted by Crippen LogP contribution is -2.29. The molecule has 0 aliphatic heterocycles. The highest BCUT2D eigenvalue weighted by Gasteiger charge is 2.32. The lowest BCUT2D eigenvalue weighted by Gasteiger charge is -2.40. The van der Waals surface area contributed by atoms with Gasteiger partial charge in [0.1, 0.15) is 0 Å². The minimum atomic E-state index is 0.934. The monoisotopic (exact) mass is 178 g/mol. The first-order valence-electron chi connectivity index (χ1n) is 6.04. The molecule has 74 valence electrons. The van der Waals surface area contributed by atoms with Gasteiger partial charge in [0.05, 0.1) is 0 Å². The fourth-order valence-electron chi connectivity index (χ4n) is 3.47. The van der Waals surface area contributed by atoms with Gasteiger partial charge in [0, 0.05) is 0 Å². The van der Waals surface area contributed by atoms with Crippen LogP contribution in [0.3, 0.4) is 0 Å². The molecule has 0 radical (unpaired) electrons. The summed E-state index contributed by atoms with van der Waals surface area (Å²) >= 11 is 0. The third-order valence-corrected chi connectivity index (χ3v) is 4.07. The Labute approximate surface area is 82.4 Å². The van der Waals surface area contributed by atoms with Gasteiger partial charge in [0.15, 0.2) is 0 Å². The van der Waals surface area contributed by atoms with Crippen molar-refractivity contribution in [2.75, 3.05) is 0 Å². The Bertz CT molecular complexity index is 178.